The van der Waals surface area contributed by atoms with Crippen LogP contribution in [0.5, 0.6) is 0 Å². The molecule has 0 atom stereocenters. The molecule has 0 amide bonds. The Bertz CT molecular complexity index is 337. The molecule has 2 rings (SSSR count). The molecule has 0 spiro atoms. The summed E-state index contributed by atoms with van der Waals surface area (Å²) in [7, 11) is 0. The smallest absolute Gasteiger partial charge is 0.152 e. The second-order valence-corrected chi connectivity index (χ2v) is 4.62. The molecule has 1 aromatic rings. The third kappa shape index (κ3) is 5.33. The number of nitrogens with two attached hydrogens (primary N) is 1. The maximum absolute atomic E-state index is 5.49. The number of nitrogens with zero attached hydrogens (tertiary/aromatic N) is 3. The number of nitrogen functional groups attached to an aromatic ring is 1. The van der Waals surface area contributed by atoms with E-state index < -0.39 is 0 Å². The van der Waals surface area contributed by atoms with Gasteiger partial charge in [-0.25, -0.2) is 0 Å². The Morgan fingerprint density at radius 2 is 1.94 bits per heavy atom. The first-order valence-electron chi connectivity index (χ1n) is 6.11. The number of piperidine rings is 1. The first-order chi connectivity index (χ1) is 8.13. The van der Waals surface area contributed by atoms with Crippen molar-refractivity contribution in [2.24, 2.45) is 0 Å². The topological polar surface area (TPSA) is 55.0 Å². The van der Waals surface area contributed by atoms with Crippen LogP contribution in [-0.4, -0.2) is 34.7 Å². The van der Waals surface area contributed by atoms with Crippen LogP contribution in [0.3, 0.4) is 0 Å². The molecular weight excluding hydrogens is 236 g/mol. The molecule has 2 N–H and O–H groups in total. The number of aryl methyl sites for hydroxylation is 1. The van der Waals surface area contributed by atoms with Crippen LogP contribution in [0.1, 0.15) is 31.7 Å². The maximum atomic E-state index is 5.49. The lowest BCUT2D eigenvalue weighted by Crippen LogP contribution is -2.29. The van der Waals surface area contributed by atoms with Crippen molar-refractivity contribution in [1.82, 2.24) is 15.1 Å². The third-order valence-corrected chi connectivity index (χ3v) is 3.07. The summed E-state index contributed by atoms with van der Waals surface area (Å²) in [5.41, 5.74) is 6.21. The summed E-state index contributed by atoms with van der Waals surface area (Å²) in [6.45, 7) is 8.01. The second-order valence-electron chi connectivity index (χ2n) is 4.23. The minimum absolute atomic E-state index is 0.377. The molecule has 0 unspecified atom stereocenters. The molecule has 5 heteroatoms. The van der Waals surface area contributed by atoms with Gasteiger partial charge in [-0.15, -0.1) is 10.2 Å². The number of halogens is 1. The predicted molar refractivity (Wildman–Crippen MR) is 72.2 cm³/mol. The first kappa shape index (κ1) is 14.2. The van der Waals surface area contributed by atoms with Gasteiger partial charge in [0.25, 0.3) is 0 Å². The van der Waals surface area contributed by atoms with E-state index in [2.05, 4.69) is 22.0 Å². The van der Waals surface area contributed by atoms with Crippen LogP contribution < -0.4 is 5.73 Å². The van der Waals surface area contributed by atoms with Crippen molar-refractivity contribution in [3.05, 3.63) is 16.8 Å². The van der Waals surface area contributed by atoms with Crippen molar-refractivity contribution in [3.63, 3.8) is 0 Å². The minimum Gasteiger partial charge on any atom is -0.382 e. The summed E-state index contributed by atoms with van der Waals surface area (Å²) < 4.78 is 0. The lowest BCUT2D eigenvalue weighted by molar-refractivity contribution is 0.240. The highest BCUT2D eigenvalue weighted by Crippen LogP contribution is 2.09. The Hall–Kier alpha value is -0.870. The molecule has 4 nitrogen and oxygen atoms in total. The van der Waals surface area contributed by atoms with Crippen molar-refractivity contribution >= 4 is 17.4 Å². The second kappa shape index (κ2) is 7.45. The Balaban J connectivity index is 0.000000171. The van der Waals surface area contributed by atoms with Crippen LogP contribution >= 0.6 is 11.6 Å². The quantitative estimate of drug-likeness (QED) is 0.839. The van der Waals surface area contributed by atoms with Crippen LogP contribution in [-0.2, 0) is 0 Å². The number of aromatic nitrogens is 2. The molecule has 0 aliphatic carbocycles. The maximum Gasteiger partial charge on any atom is 0.152 e. The zero-order valence-corrected chi connectivity index (χ0v) is 11.4. The van der Waals surface area contributed by atoms with E-state index in [4.69, 9.17) is 17.3 Å². The molecule has 1 aromatic heterocycles. The van der Waals surface area contributed by atoms with Gasteiger partial charge in [0, 0.05) is 0 Å². The van der Waals surface area contributed by atoms with Crippen molar-refractivity contribution in [1.29, 1.82) is 0 Å². The summed E-state index contributed by atoms with van der Waals surface area (Å²) in [5, 5.41) is 7.48. The zero-order chi connectivity index (χ0) is 12.7. The molecule has 2 heterocycles. The molecule has 0 bridgehead atoms. The average Bonchev–Trinajstić information content (AvgIpc) is 2.36. The summed E-state index contributed by atoms with van der Waals surface area (Å²) >= 11 is 5.49. The lowest BCUT2D eigenvalue weighted by atomic mass is 10.1. The van der Waals surface area contributed by atoms with Crippen LogP contribution in [0.25, 0.3) is 0 Å². The van der Waals surface area contributed by atoms with E-state index in [0.29, 0.717) is 11.0 Å². The van der Waals surface area contributed by atoms with E-state index in [1.54, 1.807) is 6.07 Å². The molecule has 0 saturated carbocycles. The van der Waals surface area contributed by atoms with Gasteiger partial charge in [-0.05, 0) is 51.0 Å². The van der Waals surface area contributed by atoms with Crippen molar-refractivity contribution in [2.75, 3.05) is 25.4 Å². The van der Waals surface area contributed by atoms with Crippen LogP contribution in [0.2, 0.25) is 5.15 Å². The lowest BCUT2D eigenvalue weighted by Gasteiger charge is -2.24. The highest BCUT2D eigenvalue weighted by Gasteiger charge is 2.05. The van der Waals surface area contributed by atoms with Crippen LogP contribution in [0, 0.1) is 6.92 Å². The largest absolute Gasteiger partial charge is 0.382 e. The van der Waals surface area contributed by atoms with Crippen molar-refractivity contribution in [3.8, 4) is 0 Å². The molecule has 1 saturated heterocycles. The highest BCUT2D eigenvalue weighted by molar-refractivity contribution is 6.29. The van der Waals surface area contributed by atoms with E-state index in [1.807, 2.05) is 6.92 Å². The predicted octanol–water partition coefficient (Wildman–Crippen LogP) is 2.51. The normalized spacial score (nSPS) is 16.2. The Morgan fingerprint density at radius 3 is 2.35 bits per heavy atom. The SMILES string of the molecule is CCN1CCCCC1.Cc1cc(Cl)nnc1N. The van der Waals surface area contributed by atoms with Gasteiger partial charge >= 0.3 is 0 Å². The van der Waals surface area contributed by atoms with E-state index in [1.165, 1.54) is 38.9 Å². The number of rotatable bonds is 1. The number of likely N-dealkylation sites (tertiary alicyclic amines) is 1. The fourth-order valence-corrected chi connectivity index (χ4v) is 1.94. The Labute approximate surface area is 108 Å². The van der Waals surface area contributed by atoms with E-state index >= 15 is 0 Å². The molecule has 17 heavy (non-hydrogen) atoms. The van der Waals surface area contributed by atoms with Gasteiger partial charge in [0.05, 0.1) is 0 Å². The minimum atomic E-state index is 0.377. The monoisotopic (exact) mass is 256 g/mol. The molecule has 96 valence electrons. The van der Waals surface area contributed by atoms with Crippen molar-refractivity contribution < 1.29 is 0 Å². The third-order valence-electron chi connectivity index (χ3n) is 2.89. The first-order valence-corrected chi connectivity index (χ1v) is 6.49. The highest BCUT2D eigenvalue weighted by atomic mass is 35.5. The van der Waals surface area contributed by atoms with E-state index in [-0.39, 0.29) is 0 Å². The van der Waals surface area contributed by atoms with Gasteiger partial charge in [0.1, 0.15) is 5.82 Å². The molecule has 1 aliphatic rings. The van der Waals surface area contributed by atoms with Crippen LogP contribution in [0.15, 0.2) is 6.07 Å². The molecule has 0 radical (unpaired) electrons. The van der Waals surface area contributed by atoms with Crippen LogP contribution in [0.4, 0.5) is 5.82 Å². The molecule has 1 aliphatic heterocycles. The number of anilines is 1. The molecule has 1 fully saturated rings. The number of hydrogen-bond acceptors (Lipinski definition) is 4. The summed E-state index contributed by atoms with van der Waals surface area (Å²) in [6, 6.07) is 1.67. The average molecular weight is 257 g/mol. The van der Waals surface area contributed by atoms with Gasteiger partial charge in [-0.2, -0.15) is 0 Å². The van der Waals surface area contributed by atoms with Gasteiger partial charge in [-0.1, -0.05) is 24.9 Å². The molecule has 0 aromatic carbocycles. The zero-order valence-electron chi connectivity index (χ0n) is 10.6. The summed E-state index contributed by atoms with van der Waals surface area (Å²) in [6.07, 6.45) is 4.30. The van der Waals surface area contributed by atoms with Gasteiger partial charge in [0.2, 0.25) is 0 Å². The van der Waals surface area contributed by atoms with Gasteiger partial charge < -0.3 is 10.6 Å². The van der Waals surface area contributed by atoms with Gasteiger partial charge in [-0.3, -0.25) is 0 Å². The Morgan fingerprint density at radius 1 is 1.29 bits per heavy atom. The fourth-order valence-electron chi connectivity index (χ4n) is 1.74. The van der Waals surface area contributed by atoms with E-state index in [0.717, 1.165) is 5.56 Å². The van der Waals surface area contributed by atoms with Gasteiger partial charge in [0.15, 0.2) is 5.15 Å². The van der Waals surface area contributed by atoms with Crippen molar-refractivity contribution in [2.45, 2.75) is 33.1 Å². The number of hydrogen-bond donors (Lipinski definition) is 1. The summed E-state index contributed by atoms with van der Waals surface area (Å²) in [4.78, 5) is 2.52. The molecular formula is C12H21ClN4. The summed E-state index contributed by atoms with van der Waals surface area (Å²) in [5.74, 6) is 0.430. The Kier molecular flexibility index (Phi) is 6.22. The standard InChI is InChI=1S/C7H15N.C5H6ClN3/c1-2-8-6-4-3-5-7-8;1-3-2-4(6)8-9-5(3)7/h2-7H2,1H3;2H,1H3,(H2,7,9). The fraction of sp³-hybridized carbons (Fsp3) is 0.667. The van der Waals surface area contributed by atoms with E-state index in [9.17, 15) is 0 Å².